The molecule has 0 fully saturated rings. The third kappa shape index (κ3) is 2.84. The number of nitrogens with zero attached hydrogens (tertiary/aromatic N) is 2. The van der Waals surface area contributed by atoms with Crippen molar-refractivity contribution in [2.45, 2.75) is 26.2 Å². The minimum absolute atomic E-state index is 0.0275. The Labute approximate surface area is 113 Å². The van der Waals surface area contributed by atoms with Gasteiger partial charge in [-0.2, -0.15) is 0 Å². The molecule has 0 aliphatic heterocycles. The van der Waals surface area contributed by atoms with Gasteiger partial charge in [-0.05, 0) is 28.1 Å². The lowest BCUT2D eigenvalue weighted by molar-refractivity contribution is 0.568. The van der Waals surface area contributed by atoms with Crippen molar-refractivity contribution in [3.8, 4) is 10.7 Å². The largest absolute Gasteiger partial charge is 0.384 e. The normalized spacial score (nSPS) is 11.8. The van der Waals surface area contributed by atoms with E-state index in [4.69, 9.17) is 5.73 Å². The summed E-state index contributed by atoms with van der Waals surface area (Å²) in [7, 11) is 0. The summed E-state index contributed by atoms with van der Waals surface area (Å²) >= 11 is 5.04. The van der Waals surface area contributed by atoms with Gasteiger partial charge in [0.2, 0.25) is 0 Å². The van der Waals surface area contributed by atoms with Gasteiger partial charge in [-0.1, -0.05) is 20.8 Å². The monoisotopic (exact) mass is 311 g/mol. The Hall–Kier alpha value is -0.940. The molecule has 2 N–H and O–H groups in total. The number of rotatable bonds is 1. The molecule has 2 rings (SSSR count). The smallest absolute Gasteiger partial charge is 0.171 e. The number of thiophene rings is 1. The maximum Gasteiger partial charge on any atom is 0.171 e. The predicted octanol–water partition coefficient (Wildman–Crippen LogP) is 3.85. The third-order valence-corrected chi connectivity index (χ3v) is 3.93. The summed E-state index contributed by atoms with van der Waals surface area (Å²) in [5.74, 6) is 1.22. The van der Waals surface area contributed by atoms with Gasteiger partial charge in [0, 0.05) is 11.5 Å². The molecule has 0 saturated carbocycles. The van der Waals surface area contributed by atoms with E-state index in [2.05, 4.69) is 46.7 Å². The lowest BCUT2D eigenvalue weighted by Gasteiger charge is -2.18. The highest BCUT2D eigenvalue weighted by Gasteiger charge is 2.18. The topological polar surface area (TPSA) is 51.8 Å². The summed E-state index contributed by atoms with van der Waals surface area (Å²) in [5.41, 5.74) is 6.78. The molecule has 5 heteroatoms. The Kier molecular flexibility index (Phi) is 3.23. The maximum atomic E-state index is 5.84. The molecule has 90 valence electrons. The van der Waals surface area contributed by atoms with Gasteiger partial charge in [0.1, 0.15) is 5.82 Å². The summed E-state index contributed by atoms with van der Waals surface area (Å²) in [5, 5.41) is 0. The van der Waals surface area contributed by atoms with Crippen molar-refractivity contribution in [3.05, 3.63) is 27.7 Å². The zero-order chi connectivity index (χ0) is 12.6. The summed E-state index contributed by atoms with van der Waals surface area (Å²) in [6, 6.07) is 5.82. The van der Waals surface area contributed by atoms with E-state index in [0.29, 0.717) is 11.6 Å². The molecule has 0 aliphatic carbocycles. The van der Waals surface area contributed by atoms with E-state index < -0.39 is 0 Å². The quantitative estimate of drug-likeness (QED) is 0.870. The van der Waals surface area contributed by atoms with Crippen LogP contribution in [0.4, 0.5) is 5.82 Å². The highest BCUT2D eigenvalue weighted by atomic mass is 79.9. The molecule has 0 atom stereocenters. The van der Waals surface area contributed by atoms with Crippen molar-refractivity contribution in [1.82, 2.24) is 9.97 Å². The average molecular weight is 312 g/mol. The zero-order valence-electron chi connectivity index (χ0n) is 9.99. The van der Waals surface area contributed by atoms with Crippen molar-refractivity contribution in [1.29, 1.82) is 0 Å². The van der Waals surface area contributed by atoms with E-state index in [1.165, 1.54) is 0 Å². The Morgan fingerprint density at radius 3 is 2.47 bits per heavy atom. The van der Waals surface area contributed by atoms with Crippen LogP contribution in [0.25, 0.3) is 10.7 Å². The van der Waals surface area contributed by atoms with Crippen LogP contribution < -0.4 is 5.73 Å². The molecule has 2 aromatic rings. The molecule has 0 aromatic carbocycles. The first-order chi connectivity index (χ1) is 7.86. The Morgan fingerprint density at radius 1 is 1.24 bits per heavy atom. The highest BCUT2D eigenvalue weighted by Crippen LogP contribution is 2.31. The van der Waals surface area contributed by atoms with Gasteiger partial charge in [-0.3, -0.25) is 0 Å². The number of anilines is 1. The number of hydrogen-bond donors (Lipinski definition) is 1. The molecule has 0 saturated heterocycles. The SMILES string of the molecule is CC(C)(C)c1cc(N)nc(-c2ccc(Br)s2)n1. The van der Waals surface area contributed by atoms with Gasteiger partial charge in [0.05, 0.1) is 14.4 Å². The number of nitrogen functional groups attached to an aromatic ring is 1. The first kappa shape index (κ1) is 12.5. The standard InChI is InChI=1S/C12H14BrN3S/c1-12(2,3)8-6-10(14)16-11(15-8)7-4-5-9(13)17-7/h4-6H,1-3H3,(H2,14,15,16). The Bertz CT molecular complexity index is 543. The van der Waals surface area contributed by atoms with Gasteiger partial charge in [0.25, 0.3) is 0 Å². The van der Waals surface area contributed by atoms with Crippen molar-refractivity contribution in [2.24, 2.45) is 0 Å². The van der Waals surface area contributed by atoms with Gasteiger partial charge < -0.3 is 5.73 Å². The second-order valence-electron chi connectivity index (χ2n) is 4.86. The minimum atomic E-state index is -0.0275. The molecule has 0 aliphatic rings. The second-order valence-corrected chi connectivity index (χ2v) is 7.32. The van der Waals surface area contributed by atoms with E-state index >= 15 is 0 Å². The fourth-order valence-electron chi connectivity index (χ4n) is 1.39. The Morgan fingerprint density at radius 2 is 1.94 bits per heavy atom. The Balaban J connectivity index is 2.52. The maximum absolute atomic E-state index is 5.84. The fraction of sp³-hybridized carbons (Fsp3) is 0.333. The van der Waals surface area contributed by atoms with E-state index in [1.54, 1.807) is 11.3 Å². The minimum Gasteiger partial charge on any atom is -0.384 e. The van der Waals surface area contributed by atoms with Crippen LogP contribution in [0.1, 0.15) is 26.5 Å². The first-order valence-corrected chi connectivity index (χ1v) is 6.88. The van der Waals surface area contributed by atoms with Gasteiger partial charge in [-0.25, -0.2) is 9.97 Å². The second kappa shape index (κ2) is 4.38. The molecule has 0 unspecified atom stereocenters. The van der Waals surface area contributed by atoms with Crippen molar-refractivity contribution >= 4 is 33.1 Å². The van der Waals surface area contributed by atoms with Gasteiger partial charge in [-0.15, -0.1) is 11.3 Å². The number of halogens is 1. The molecule has 0 spiro atoms. The van der Waals surface area contributed by atoms with Crippen LogP contribution in [-0.2, 0) is 5.41 Å². The molecule has 2 aromatic heterocycles. The molecule has 0 bridgehead atoms. The molecule has 2 heterocycles. The summed E-state index contributed by atoms with van der Waals surface area (Å²) in [4.78, 5) is 9.90. The summed E-state index contributed by atoms with van der Waals surface area (Å²) in [6.07, 6.45) is 0. The lowest BCUT2D eigenvalue weighted by atomic mass is 9.92. The number of nitrogens with two attached hydrogens (primary N) is 1. The van der Waals surface area contributed by atoms with Crippen molar-refractivity contribution in [3.63, 3.8) is 0 Å². The molecule has 17 heavy (non-hydrogen) atoms. The van der Waals surface area contributed by atoms with E-state index in [9.17, 15) is 0 Å². The van der Waals surface area contributed by atoms with Crippen LogP contribution in [-0.4, -0.2) is 9.97 Å². The van der Waals surface area contributed by atoms with E-state index in [-0.39, 0.29) is 5.41 Å². The summed E-state index contributed by atoms with van der Waals surface area (Å²) < 4.78 is 1.07. The summed E-state index contributed by atoms with van der Waals surface area (Å²) in [6.45, 7) is 6.34. The van der Waals surface area contributed by atoms with E-state index in [1.807, 2.05) is 18.2 Å². The molecule has 0 radical (unpaired) electrons. The average Bonchev–Trinajstić information content (AvgIpc) is 2.62. The first-order valence-electron chi connectivity index (χ1n) is 5.27. The van der Waals surface area contributed by atoms with Crippen LogP contribution in [0.3, 0.4) is 0 Å². The lowest BCUT2D eigenvalue weighted by Crippen LogP contribution is -2.15. The third-order valence-electron chi connectivity index (χ3n) is 2.31. The molecule has 0 amide bonds. The van der Waals surface area contributed by atoms with Crippen molar-refractivity contribution in [2.75, 3.05) is 5.73 Å². The van der Waals surface area contributed by atoms with Crippen LogP contribution in [0.2, 0.25) is 0 Å². The number of aromatic nitrogens is 2. The van der Waals surface area contributed by atoms with Crippen LogP contribution in [0.15, 0.2) is 22.0 Å². The molecule has 3 nitrogen and oxygen atoms in total. The number of hydrogen-bond acceptors (Lipinski definition) is 4. The fourth-order valence-corrected chi connectivity index (χ4v) is 2.72. The van der Waals surface area contributed by atoms with Crippen LogP contribution in [0, 0.1) is 0 Å². The highest BCUT2D eigenvalue weighted by molar-refractivity contribution is 9.11. The molecular formula is C12H14BrN3S. The van der Waals surface area contributed by atoms with Crippen LogP contribution in [0.5, 0.6) is 0 Å². The van der Waals surface area contributed by atoms with E-state index in [0.717, 1.165) is 14.4 Å². The predicted molar refractivity (Wildman–Crippen MR) is 76.2 cm³/mol. The van der Waals surface area contributed by atoms with Gasteiger partial charge in [0.15, 0.2) is 5.82 Å². The zero-order valence-corrected chi connectivity index (χ0v) is 12.4. The van der Waals surface area contributed by atoms with Crippen molar-refractivity contribution < 1.29 is 0 Å². The van der Waals surface area contributed by atoms with Crippen LogP contribution >= 0.6 is 27.3 Å². The van der Waals surface area contributed by atoms with Gasteiger partial charge >= 0.3 is 0 Å². The molecular weight excluding hydrogens is 298 g/mol.